The van der Waals surface area contributed by atoms with E-state index in [0.29, 0.717) is 17.4 Å². The van der Waals surface area contributed by atoms with Gasteiger partial charge in [-0.25, -0.2) is 9.18 Å². The molecule has 3 unspecified atom stereocenters. The Bertz CT molecular complexity index is 936. The van der Waals surface area contributed by atoms with E-state index < -0.39 is 17.2 Å². The van der Waals surface area contributed by atoms with Crippen molar-refractivity contribution in [3.63, 3.8) is 0 Å². The highest BCUT2D eigenvalue weighted by Gasteiger charge is 2.38. The Labute approximate surface area is 150 Å². The minimum Gasteiger partial charge on any atom is -0.494 e. The van der Waals surface area contributed by atoms with Gasteiger partial charge >= 0.3 is 5.97 Å². The van der Waals surface area contributed by atoms with Gasteiger partial charge in [0.05, 0.1) is 18.0 Å². The molecule has 6 heteroatoms. The van der Waals surface area contributed by atoms with Crippen LogP contribution in [0, 0.1) is 17.7 Å². The maximum absolute atomic E-state index is 14.0. The van der Waals surface area contributed by atoms with Crippen LogP contribution in [0.25, 0.3) is 10.9 Å². The highest BCUT2D eigenvalue weighted by atomic mass is 19.1. The van der Waals surface area contributed by atoms with Crippen molar-refractivity contribution in [2.75, 3.05) is 7.11 Å². The molecule has 0 aliphatic heterocycles. The third-order valence-corrected chi connectivity index (χ3v) is 6.15. The standard InChI is InChI=1S/C20H22FNO4/c1-26-17-9-12(21)8-14-18(17)22(10-15(19(14)23)20(24)25)16-7-3-5-11-4-2-6-13(11)16/h8-11,13,16H,2-7H2,1H3,(H,24,25). The van der Waals surface area contributed by atoms with E-state index in [1.54, 1.807) is 0 Å². The predicted molar refractivity (Wildman–Crippen MR) is 95.4 cm³/mol. The molecule has 0 amide bonds. The molecule has 2 aliphatic carbocycles. The Morgan fingerprint density at radius 3 is 2.65 bits per heavy atom. The maximum atomic E-state index is 14.0. The summed E-state index contributed by atoms with van der Waals surface area (Å²) >= 11 is 0. The lowest BCUT2D eigenvalue weighted by Crippen LogP contribution is -2.30. The minimum atomic E-state index is -1.28. The third kappa shape index (κ3) is 2.59. The zero-order valence-electron chi connectivity index (χ0n) is 14.7. The van der Waals surface area contributed by atoms with Crippen LogP contribution in [0.5, 0.6) is 5.75 Å². The highest BCUT2D eigenvalue weighted by molar-refractivity contribution is 5.94. The number of carbonyl (C=O) groups is 1. The summed E-state index contributed by atoms with van der Waals surface area (Å²) in [6, 6.07) is 2.49. The van der Waals surface area contributed by atoms with Gasteiger partial charge in [-0.2, -0.15) is 0 Å². The Hall–Kier alpha value is -2.37. The van der Waals surface area contributed by atoms with Gasteiger partial charge < -0.3 is 14.4 Å². The Morgan fingerprint density at radius 2 is 1.96 bits per heavy atom. The average Bonchev–Trinajstić information content (AvgIpc) is 3.10. The number of halogens is 1. The summed E-state index contributed by atoms with van der Waals surface area (Å²) in [5.41, 5.74) is -0.480. The number of carboxylic acid groups (broad SMARTS) is 1. The fourth-order valence-electron chi connectivity index (χ4n) is 5.07. The normalized spacial score (nSPS) is 25.2. The zero-order valence-corrected chi connectivity index (χ0v) is 14.7. The van der Waals surface area contributed by atoms with Crippen LogP contribution in [0.15, 0.2) is 23.1 Å². The smallest absolute Gasteiger partial charge is 0.341 e. The maximum Gasteiger partial charge on any atom is 0.341 e. The molecular weight excluding hydrogens is 337 g/mol. The first kappa shape index (κ1) is 17.1. The van der Waals surface area contributed by atoms with Gasteiger partial charge in [0.15, 0.2) is 0 Å². The van der Waals surface area contributed by atoms with Crippen LogP contribution in [0.4, 0.5) is 4.39 Å². The van der Waals surface area contributed by atoms with Crippen LogP contribution in [0.3, 0.4) is 0 Å². The van der Waals surface area contributed by atoms with Gasteiger partial charge in [-0.15, -0.1) is 0 Å². The number of pyridine rings is 1. The molecule has 1 aromatic carbocycles. The first-order valence-electron chi connectivity index (χ1n) is 9.17. The summed E-state index contributed by atoms with van der Waals surface area (Å²) in [6.07, 6.45) is 8.15. The molecule has 26 heavy (non-hydrogen) atoms. The monoisotopic (exact) mass is 359 g/mol. The Morgan fingerprint density at radius 1 is 1.23 bits per heavy atom. The number of nitrogens with zero attached hydrogens (tertiary/aromatic N) is 1. The predicted octanol–water partition coefficient (Wildman–Crippen LogP) is 3.99. The van der Waals surface area contributed by atoms with Gasteiger partial charge in [0, 0.05) is 18.3 Å². The summed E-state index contributed by atoms with van der Waals surface area (Å²) in [5.74, 6) is -0.515. The van der Waals surface area contributed by atoms with Crippen molar-refractivity contribution in [3.05, 3.63) is 39.9 Å². The summed E-state index contributed by atoms with van der Waals surface area (Å²) in [7, 11) is 1.44. The number of benzene rings is 1. The van der Waals surface area contributed by atoms with E-state index in [4.69, 9.17) is 4.74 Å². The first-order chi connectivity index (χ1) is 12.5. The number of hydrogen-bond acceptors (Lipinski definition) is 3. The first-order valence-corrected chi connectivity index (χ1v) is 9.17. The quantitative estimate of drug-likeness (QED) is 0.900. The molecule has 2 fully saturated rings. The van der Waals surface area contributed by atoms with Gasteiger partial charge in [-0.1, -0.05) is 25.7 Å². The summed E-state index contributed by atoms with van der Waals surface area (Å²) in [6.45, 7) is 0. The molecule has 2 aromatic rings. The SMILES string of the molecule is COc1cc(F)cc2c(=O)c(C(=O)O)cn(C3CCCC4CCCC43)c12. The Balaban J connectivity index is 2.02. The number of rotatable bonds is 3. The molecule has 0 spiro atoms. The van der Waals surface area contributed by atoms with Crippen LogP contribution in [0.1, 0.15) is 54.9 Å². The van der Waals surface area contributed by atoms with Crippen molar-refractivity contribution in [2.45, 2.75) is 44.6 Å². The topological polar surface area (TPSA) is 68.5 Å². The van der Waals surface area contributed by atoms with Crippen molar-refractivity contribution in [2.24, 2.45) is 11.8 Å². The van der Waals surface area contributed by atoms with E-state index in [1.165, 1.54) is 38.6 Å². The van der Waals surface area contributed by atoms with E-state index in [2.05, 4.69) is 0 Å². The molecular formula is C20H22FNO4. The van der Waals surface area contributed by atoms with E-state index in [-0.39, 0.29) is 22.7 Å². The van der Waals surface area contributed by atoms with Crippen molar-refractivity contribution in [1.29, 1.82) is 0 Å². The fourth-order valence-corrected chi connectivity index (χ4v) is 5.07. The van der Waals surface area contributed by atoms with Crippen LogP contribution in [-0.2, 0) is 0 Å². The fraction of sp³-hybridized carbons (Fsp3) is 0.500. The molecule has 138 valence electrons. The molecule has 2 saturated carbocycles. The van der Waals surface area contributed by atoms with Crippen molar-refractivity contribution in [3.8, 4) is 5.75 Å². The van der Waals surface area contributed by atoms with Gasteiger partial charge in [0.1, 0.15) is 17.1 Å². The zero-order chi connectivity index (χ0) is 18.4. The number of fused-ring (bicyclic) bond motifs is 2. The van der Waals surface area contributed by atoms with Crippen LogP contribution in [0.2, 0.25) is 0 Å². The number of hydrogen-bond donors (Lipinski definition) is 1. The molecule has 0 bridgehead atoms. The van der Waals surface area contributed by atoms with E-state index >= 15 is 0 Å². The molecule has 4 rings (SSSR count). The molecule has 2 aliphatic rings. The van der Waals surface area contributed by atoms with Crippen LogP contribution < -0.4 is 10.2 Å². The molecule has 0 radical (unpaired) electrons. The van der Waals surface area contributed by atoms with E-state index in [1.807, 2.05) is 4.57 Å². The molecule has 0 saturated heterocycles. The minimum absolute atomic E-state index is 0.0712. The summed E-state index contributed by atoms with van der Waals surface area (Å²) < 4.78 is 21.3. The van der Waals surface area contributed by atoms with Gasteiger partial charge in [-0.05, 0) is 30.7 Å². The lowest BCUT2D eigenvalue weighted by Gasteiger charge is -2.36. The molecule has 1 aromatic heterocycles. The Kier molecular flexibility index (Phi) is 4.21. The average molecular weight is 359 g/mol. The number of aromatic nitrogens is 1. The second-order valence-electron chi connectivity index (χ2n) is 7.44. The second-order valence-corrected chi connectivity index (χ2v) is 7.44. The second kappa shape index (κ2) is 6.41. The molecule has 5 nitrogen and oxygen atoms in total. The lowest BCUT2D eigenvalue weighted by atomic mass is 9.77. The highest BCUT2D eigenvalue weighted by Crippen LogP contribution is 2.48. The third-order valence-electron chi connectivity index (χ3n) is 6.15. The summed E-state index contributed by atoms with van der Waals surface area (Å²) in [4.78, 5) is 24.3. The van der Waals surface area contributed by atoms with Crippen molar-refractivity contribution in [1.82, 2.24) is 4.57 Å². The van der Waals surface area contributed by atoms with E-state index in [0.717, 1.165) is 25.3 Å². The van der Waals surface area contributed by atoms with E-state index in [9.17, 15) is 19.1 Å². The number of aromatic carboxylic acids is 1. The van der Waals surface area contributed by atoms with Gasteiger partial charge in [-0.3, -0.25) is 4.79 Å². The van der Waals surface area contributed by atoms with Gasteiger partial charge in [0.2, 0.25) is 5.43 Å². The van der Waals surface area contributed by atoms with Gasteiger partial charge in [0.25, 0.3) is 0 Å². The number of carboxylic acids is 1. The largest absolute Gasteiger partial charge is 0.494 e. The lowest BCUT2D eigenvalue weighted by molar-refractivity contribution is 0.0694. The number of methoxy groups -OCH3 is 1. The van der Waals surface area contributed by atoms with Crippen molar-refractivity contribution < 1.29 is 19.0 Å². The van der Waals surface area contributed by atoms with Crippen LogP contribution >= 0.6 is 0 Å². The van der Waals surface area contributed by atoms with Crippen LogP contribution in [-0.4, -0.2) is 22.8 Å². The molecule has 3 atom stereocenters. The number of ether oxygens (including phenoxy) is 1. The van der Waals surface area contributed by atoms with Crippen molar-refractivity contribution >= 4 is 16.9 Å². The molecule has 1 N–H and O–H groups in total. The summed E-state index contributed by atoms with van der Waals surface area (Å²) in [5, 5.41) is 9.56. The molecule has 1 heterocycles.